The monoisotopic (exact) mass is 553 g/mol. The number of primary amides is 1. The molecule has 10 nitrogen and oxygen atoms in total. The summed E-state index contributed by atoms with van der Waals surface area (Å²) in [6.45, 7) is 3.70. The second-order valence-electron chi connectivity index (χ2n) is 6.35. The van der Waals surface area contributed by atoms with Gasteiger partial charge in [0.05, 0.1) is 14.4 Å². The molecular weight excluding hydrogens is 511 g/mol. The van der Waals surface area contributed by atoms with E-state index in [0.29, 0.717) is 6.42 Å². The smallest absolute Gasteiger partial charge is 0.790 e. The van der Waals surface area contributed by atoms with Crippen molar-refractivity contribution in [1.82, 2.24) is 0 Å². The van der Waals surface area contributed by atoms with Gasteiger partial charge in [-0.25, -0.2) is 4.79 Å². The summed E-state index contributed by atoms with van der Waals surface area (Å²) < 4.78 is 24.6. The molecule has 0 aliphatic carbocycles. The molecule has 1 atom stereocenters. The number of amides is 1. The minimum atomic E-state index is -5.28. The fourth-order valence-corrected chi connectivity index (χ4v) is 2.23. The number of phosphoric acid groups is 1. The molecule has 0 aliphatic rings. The Morgan fingerprint density at radius 3 is 2.00 bits per heavy atom. The van der Waals surface area contributed by atoms with Crippen molar-refractivity contribution in [3.05, 3.63) is 0 Å². The number of ether oxygens (including phenoxy) is 2. The SMILES string of the molecule is CC#CC#CC#CC#CC(=O)OC[C@@H](COP(=O)([O-])[O-])OC(=O)CCCCCCC.CC(N)=O.[HH].[HH].[HH].[HH].[HH].[HH].[HH].[Na+].[Na+]. The zero-order valence-corrected chi connectivity index (χ0v) is 26.3. The molecule has 0 fully saturated rings. The number of hydrogen-bond acceptors (Lipinski definition) is 9. The first-order chi connectivity index (χ1) is 16.0. The Labute approximate surface area is 267 Å². The normalized spacial score (nSPS) is 9.36. The number of hydrogen-bond donors (Lipinski definition) is 1. The van der Waals surface area contributed by atoms with Crippen molar-refractivity contribution in [2.45, 2.75) is 65.4 Å². The molecule has 1 amide bonds. The van der Waals surface area contributed by atoms with Crippen molar-refractivity contribution in [1.29, 1.82) is 0 Å². The van der Waals surface area contributed by atoms with Crippen molar-refractivity contribution in [2.75, 3.05) is 13.2 Å². The van der Waals surface area contributed by atoms with Crippen LogP contribution < -0.4 is 74.6 Å². The minimum absolute atomic E-state index is 0. The predicted octanol–water partition coefficient (Wildman–Crippen LogP) is -4.10. The molecule has 0 radical (unpaired) electrons. The third-order valence-corrected chi connectivity index (χ3v) is 3.67. The fraction of sp³-hybridized carbons (Fsp3) is 0.522. The molecule has 0 unspecified atom stereocenters. The second kappa shape index (κ2) is 28.3. The van der Waals surface area contributed by atoms with Crippen LogP contribution in [0.25, 0.3) is 0 Å². The summed E-state index contributed by atoms with van der Waals surface area (Å²) in [6.07, 6.45) is 3.41. The third kappa shape index (κ3) is 37.3. The first-order valence-electron chi connectivity index (χ1n) is 10.2. The molecule has 0 saturated carbocycles. The summed E-state index contributed by atoms with van der Waals surface area (Å²) in [6, 6.07) is 0. The van der Waals surface area contributed by atoms with Crippen molar-refractivity contribution >= 4 is 25.7 Å². The van der Waals surface area contributed by atoms with Gasteiger partial charge in [0.1, 0.15) is 6.61 Å². The van der Waals surface area contributed by atoms with Gasteiger partial charge in [0.15, 0.2) is 6.10 Å². The van der Waals surface area contributed by atoms with Crippen molar-refractivity contribution in [2.24, 2.45) is 5.73 Å². The first-order valence-corrected chi connectivity index (χ1v) is 11.7. The van der Waals surface area contributed by atoms with E-state index in [4.69, 9.17) is 9.47 Å². The number of unbranched alkanes of at least 4 members (excludes halogenated alkanes) is 4. The maximum atomic E-state index is 11.9. The van der Waals surface area contributed by atoms with Crippen LogP contribution in [0.2, 0.25) is 0 Å². The van der Waals surface area contributed by atoms with Crippen LogP contribution in [0.1, 0.15) is 69.3 Å². The van der Waals surface area contributed by atoms with Crippen LogP contribution in [0.3, 0.4) is 0 Å². The zero-order valence-electron chi connectivity index (χ0n) is 21.4. The van der Waals surface area contributed by atoms with Crippen LogP contribution in [0, 0.1) is 47.4 Å². The molecule has 0 rings (SSSR count). The Morgan fingerprint density at radius 2 is 1.47 bits per heavy atom. The molecule has 2 N–H and O–H groups in total. The van der Waals surface area contributed by atoms with E-state index < -0.39 is 39.1 Å². The van der Waals surface area contributed by atoms with E-state index in [9.17, 15) is 28.7 Å². The molecule has 0 aromatic carbocycles. The Morgan fingerprint density at radius 1 is 0.944 bits per heavy atom. The second-order valence-corrected chi connectivity index (χ2v) is 7.51. The molecule has 0 saturated heterocycles. The molecular formula is C23H42NNa2O9P. The summed E-state index contributed by atoms with van der Waals surface area (Å²) >= 11 is 0. The molecule has 0 heterocycles. The van der Waals surface area contributed by atoms with E-state index in [1.165, 1.54) is 6.92 Å². The zero-order chi connectivity index (χ0) is 26.2. The minimum Gasteiger partial charge on any atom is -0.790 e. The summed E-state index contributed by atoms with van der Waals surface area (Å²) in [5.41, 5.74) is 4.47. The largest absolute Gasteiger partial charge is 1.00 e. The van der Waals surface area contributed by atoms with E-state index in [0.717, 1.165) is 25.7 Å². The van der Waals surface area contributed by atoms with Crippen LogP contribution in [0.15, 0.2) is 0 Å². The Bertz CT molecular complexity index is 975. The number of phosphoric ester groups is 1. The number of esters is 2. The van der Waals surface area contributed by atoms with E-state index in [1.54, 1.807) is 6.92 Å². The van der Waals surface area contributed by atoms with Gasteiger partial charge in [-0.1, -0.05) is 38.5 Å². The first kappa shape index (κ1) is 41.9. The van der Waals surface area contributed by atoms with Gasteiger partial charge in [0.2, 0.25) is 5.91 Å². The van der Waals surface area contributed by atoms with Crippen LogP contribution in [-0.4, -0.2) is 37.2 Å². The van der Waals surface area contributed by atoms with Gasteiger partial charge in [0.25, 0.3) is 0 Å². The standard InChI is InChI=1S/C21H25O8P.C2H5NO.2Na.7H2/c1-3-5-7-9-10-12-13-15-20(22)27-17-19(18-28-30(24,25)26)29-21(23)16-14-11-8-6-4-2;1-2(3)4;;;;;;;;;/h19H,4,6,8,11,14,16-18H2,1-2H3,(H2,24,25,26);1H3,(H2,3,4);;;7*1H/q;;2*+1;;;;;;;/p-2/t19-;;;;;;;;;;/m0........../s1. The average molecular weight is 554 g/mol. The molecule has 0 spiro atoms. The summed E-state index contributed by atoms with van der Waals surface area (Å²) in [5, 5.41) is 0. The predicted molar refractivity (Wildman–Crippen MR) is 134 cm³/mol. The quantitative estimate of drug-likeness (QED) is 0.0631. The van der Waals surface area contributed by atoms with Crippen molar-refractivity contribution in [3.8, 4) is 47.4 Å². The van der Waals surface area contributed by atoms with Crippen LogP contribution in [-0.2, 0) is 32.9 Å². The number of rotatable bonds is 12. The topological polar surface area (TPSA) is 168 Å². The molecule has 200 valence electrons. The van der Waals surface area contributed by atoms with Gasteiger partial charge in [-0.2, -0.15) is 0 Å². The van der Waals surface area contributed by atoms with Crippen LogP contribution in [0.5, 0.6) is 0 Å². The molecule has 0 aromatic rings. The van der Waals surface area contributed by atoms with Crippen LogP contribution in [0.4, 0.5) is 0 Å². The molecule has 0 bridgehead atoms. The Hall–Kier alpha value is -1.24. The van der Waals surface area contributed by atoms with Crippen molar-refractivity contribution in [3.63, 3.8) is 0 Å². The summed E-state index contributed by atoms with van der Waals surface area (Å²) in [7, 11) is -5.28. The summed E-state index contributed by atoms with van der Waals surface area (Å²) in [5.74, 6) is 16.8. The van der Waals surface area contributed by atoms with Crippen LogP contribution >= 0.6 is 7.82 Å². The number of carbonyl (C=O) groups is 3. The van der Waals surface area contributed by atoms with Gasteiger partial charge < -0.3 is 34.1 Å². The number of nitrogens with two attached hydrogens (primary N) is 1. The summed E-state index contributed by atoms with van der Waals surface area (Å²) in [4.78, 5) is 53.9. The molecule has 0 aromatic heterocycles. The fourth-order valence-electron chi connectivity index (χ4n) is 1.88. The van der Waals surface area contributed by atoms with Gasteiger partial charge in [-0.15, -0.1) is 0 Å². The van der Waals surface area contributed by atoms with Gasteiger partial charge in [-0.05, 0) is 48.9 Å². The molecule has 13 heteroatoms. The maximum Gasteiger partial charge on any atom is 1.00 e. The van der Waals surface area contributed by atoms with E-state index in [1.807, 2.05) is 0 Å². The Kier molecular flexibility index (Phi) is 33.0. The Balaban J connectivity index is -0.0000000821. The number of carbonyl (C=O) groups excluding carboxylic acids is 3. The van der Waals surface area contributed by atoms with Gasteiger partial charge in [0, 0.05) is 29.3 Å². The van der Waals surface area contributed by atoms with Gasteiger partial charge in [-0.3, -0.25) is 9.59 Å². The average Bonchev–Trinajstić information content (AvgIpc) is 2.74. The molecule has 36 heavy (non-hydrogen) atoms. The van der Waals surface area contributed by atoms with Gasteiger partial charge >= 0.3 is 71.1 Å². The maximum absolute atomic E-state index is 11.9. The van der Waals surface area contributed by atoms with E-state index >= 15 is 0 Å². The van der Waals surface area contributed by atoms with E-state index in [-0.39, 0.29) is 81.4 Å². The molecule has 0 aliphatic heterocycles. The van der Waals surface area contributed by atoms with E-state index in [2.05, 4.69) is 64.5 Å². The van der Waals surface area contributed by atoms with Crippen molar-refractivity contribution < 1.29 is 112 Å². The third-order valence-electron chi connectivity index (χ3n) is 3.20.